The molecule has 2 aliphatic rings. The van der Waals surface area contributed by atoms with E-state index in [1.165, 1.54) is 0 Å². The van der Waals surface area contributed by atoms with Crippen molar-refractivity contribution in [1.29, 1.82) is 0 Å². The van der Waals surface area contributed by atoms with Crippen LogP contribution < -0.4 is 5.32 Å². The Bertz CT molecular complexity index is 210. The predicted octanol–water partition coefficient (Wildman–Crippen LogP) is -0.417. The molecule has 2 rings (SSSR count). The number of hydrogen-bond donors (Lipinski definition) is 3. The lowest BCUT2D eigenvalue weighted by atomic mass is 9.89. The van der Waals surface area contributed by atoms with Crippen LogP contribution >= 0.6 is 0 Å². The molecule has 1 aliphatic carbocycles. The number of alkyl halides is 2. The molecule has 0 aromatic carbocycles. The van der Waals surface area contributed by atoms with E-state index in [-0.39, 0.29) is 13.0 Å². The molecule has 2 unspecified atom stereocenters. The van der Waals surface area contributed by atoms with Crippen molar-refractivity contribution in [3.8, 4) is 0 Å². The fourth-order valence-electron chi connectivity index (χ4n) is 2.00. The van der Waals surface area contributed by atoms with Gasteiger partial charge in [-0.1, -0.05) is 0 Å². The molecule has 0 spiro atoms. The van der Waals surface area contributed by atoms with E-state index in [1.54, 1.807) is 0 Å². The second-order valence-electron chi connectivity index (χ2n) is 3.95. The van der Waals surface area contributed by atoms with E-state index in [9.17, 15) is 19.0 Å². The van der Waals surface area contributed by atoms with Crippen LogP contribution in [0.1, 0.15) is 6.42 Å². The second kappa shape index (κ2) is 2.87. The highest BCUT2D eigenvalue weighted by Gasteiger charge is 2.62. The summed E-state index contributed by atoms with van der Waals surface area (Å²) in [6, 6.07) is 0. The molecule has 76 valence electrons. The molecule has 1 aliphatic heterocycles. The average molecular weight is 193 g/mol. The van der Waals surface area contributed by atoms with Crippen LogP contribution in [0.5, 0.6) is 0 Å². The quantitative estimate of drug-likeness (QED) is 0.530. The maximum absolute atomic E-state index is 12.7. The van der Waals surface area contributed by atoms with Gasteiger partial charge in [-0.2, -0.15) is 0 Å². The third-order valence-electron chi connectivity index (χ3n) is 2.96. The van der Waals surface area contributed by atoms with Crippen molar-refractivity contribution < 1.29 is 19.0 Å². The van der Waals surface area contributed by atoms with Gasteiger partial charge in [0.2, 0.25) is 0 Å². The minimum Gasteiger partial charge on any atom is -0.390 e. The van der Waals surface area contributed by atoms with E-state index < -0.39 is 30.0 Å². The number of hydrogen-bond acceptors (Lipinski definition) is 3. The first kappa shape index (κ1) is 9.30. The van der Waals surface area contributed by atoms with Crippen molar-refractivity contribution in [3.63, 3.8) is 0 Å². The van der Waals surface area contributed by atoms with Gasteiger partial charge in [0.1, 0.15) is 0 Å². The lowest BCUT2D eigenvalue weighted by Crippen LogP contribution is -2.51. The molecule has 2 fully saturated rings. The summed E-state index contributed by atoms with van der Waals surface area (Å²) < 4.78 is 25.3. The Labute approximate surface area is 74.8 Å². The highest BCUT2D eigenvalue weighted by Crippen LogP contribution is 2.54. The summed E-state index contributed by atoms with van der Waals surface area (Å²) in [5.41, 5.74) is 0. The fraction of sp³-hybridized carbons (Fsp3) is 1.00. The average Bonchev–Trinajstić information content (AvgIpc) is 2.66. The normalized spacial score (nSPS) is 48.9. The van der Waals surface area contributed by atoms with Crippen molar-refractivity contribution in [3.05, 3.63) is 0 Å². The van der Waals surface area contributed by atoms with Crippen LogP contribution in [0.3, 0.4) is 0 Å². The van der Waals surface area contributed by atoms with Gasteiger partial charge in [-0.15, -0.1) is 0 Å². The Balaban J connectivity index is 1.99. The fourth-order valence-corrected chi connectivity index (χ4v) is 2.00. The minimum absolute atomic E-state index is 0.150. The van der Waals surface area contributed by atoms with Crippen molar-refractivity contribution in [1.82, 2.24) is 5.32 Å². The molecular weight excluding hydrogens is 180 g/mol. The van der Waals surface area contributed by atoms with Gasteiger partial charge in [0.15, 0.2) is 0 Å². The van der Waals surface area contributed by atoms with Crippen LogP contribution in [-0.4, -0.2) is 41.4 Å². The van der Waals surface area contributed by atoms with Crippen molar-refractivity contribution in [2.75, 3.05) is 13.1 Å². The molecule has 0 radical (unpaired) electrons. The van der Waals surface area contributed by atoms with Crippen LogP contribution in [0, 0.1) is 11.8 Å². The molecule has 5 heteroatoms. The maximum Gasteiger partial charge on any atom is 0.252 e. The number of halogens is 2. The van der Waals surface area contributed by atoms with Crippen molar-refractivity contribution in [2.24, 2.45) is 11.8 Å². The largest absolute Gasteiger partial charge is 0.390 e. The third-order valence-corrected chi connectivity index (χ3v) is 2.96. The first-order valence-corrected chi connectivity index (χ1v) is 4.47. The third kappa shape index (κ3) is 1.56. The summed E-state index contributed by atoms with van der Waals surface area (Å²) in [5.74, 6) is -3.87. The van der Waals surface area contributed by atoms with Crippen molar-refractivity contribution in [2.45, 2.75) is 24.6 Å². The Kier molecular flexibility index (Phi) is 2.05. The van der Waals surface area contributed by atoms with E-state index in [2.05, 4.69) is 5.32 Å². The summed E-state index contributed by atoms with van der Waals surface area (Å²) in [6.45, 7) is 0.661. The molecule has 13 heavy (non-hydrogen) atoms. The van der Waals surface area contributed by atoms with Gasteiger partial charge in [0.25, 0.3) is 5.92 Å². The maximum atomic E-state index is 12.7. The Hall–Kier alpha value is -0.260. The van der Waals surface area contributed by atoms with Crippen LogP contribution in [-0.2, 0) is 0 Å². The first-order valence-electron chi connectivity index (χ1n) is 4.47. The molecule has 0 bridgehead atoms. The summed E-state index contributed by atoms with van der Waals surface area (Å²) >= 11 is 0. The van der Waals surface area contributed by atoms with Gasteiger partial charge in [0, 0.05) is 31.3 Å². The van der Waals surface area contributed by atoms with Gasteiger partial charge in [-0.25, -0.2) is 8.78 Å². The molecule has 1 heterocycles. The molecule has 3 N–H and O–H groups in total. The molecule has 0 aromatic heterocycles. The van der Waals surface area contributed by atoms with Crippen LogP contribution in [0.15, 0.2) is 0 Å². The molecule has 1 saturated carbocycles. The predicted molar refractivity (Wildman–Crippen MR) is 41.4 cm³/mol. The zero-order chi connectivity index (χ0) is 9.64. The number of aliphatic hydroxyl groups is 2. The van der Waals surface area contributed by atoms with E-state index in [0.717, 1.165) is 0 Å². The van der Waals surface area contributed by atoms with Crippen molar-refractivity contribution >= 4 is 0 Å². The number of β-amino-alcohol motifs (C(OH)–C–C–N with tert-alkyl or cyclic N) is 1. The number of nitrogens with one attached hydrogen (secondary N) is 1. The second-order valence-corrected chi connectivity index (χ2v) is 3.95. The molecular formula is C8H13F2NO2. The van der Waals surface area contributed by atoms with Gasteiger partial charge < -0.3 is 15.5 Å². The number of aliphatic hydroxyl groups excluding tert-OH is 2. The summed E-state index contributed by atoms with van der Waals surface area (Å²) in [4.78, 5) is 0. The zero-order valence-electron chi connectivity index (χ0n) is 7.08. The molecule has 4 atom stereocenters. The molecule has 1 saturated heterocycles. The Morgan fingerprint density at radius 1 is 1.23 bits per heavy atom. The molecule has 0 aromatic rings. The highest BCUT2D eigenvalue weighted by molar-refractivity contribution is 5.04. The SMILES string of the molecule is OC1CNC[C@H](C2CC2(F)F)[C@H]1O. The van der Waals surface area contributed by atoms with Gasteiger partial charge in [-0.05, 0) is 0 Å². The van der Waals surface area contributed by atoms with E-state index in [4.69, 9.17) is 0 Å². The van der Waals surface area contributed by atoms with Gasteiger partial charge in [0.05, 0.1) is 12.2 Å². The standard InChI is InChI=1S/C8H13F2NO2/c9-8(10)1-5(8)4-2-11-3-6(12)7(4)13/h4-7,11-13H,1-3H2/t4-,5?,6?,7-/m1/s1. The van der Waals surface area contributed by atoms with Gasteiger partial charge >= 0.3 is 0 Å². The first-order chi connectivity index (χ1) is 6.02. The molecule has 0 amide bonds. The Morgan fingerprint density at radius 2 is 1.85 bits per heavy atom. The number of piperidine rings is 1. The Morgan fingerprint density at radius 3 is 2.38 bits per heavy atom. The summed E-state index contributed by atoms with van der Waals surface area (Å²) in [5, 5.41) is 21.5. The lowest BCUT2D eigenvalue weighted by molar-refractivity contribution is -0.0538. The monoisotopic (exact) mass is 193 g/mol. The topological polar surface area (TPSA) is 52.5 Å². The van der Waals surface area contributed by atoms with E-state index in [0.29, 0.717) is 6.54 Å². The van der Waals surface area contributed by atoms with Crippen LogP contribution in [0.4, 0.5) is 8.78 Å². The highest BCUT2D eigenvalue weighted by atomic mass is 19.3. The summed E-state index contributed by atoms with van der Waals surface area (Å²) in [7, 11) is 0. The molecule has 3 nitrogen and oxygen atoms in total. The zero-order valence-corrected chi connectivity index (χ0v) is 7.08. The minimum atomic E-state index is -2.62. The van der Waals surface area contributed by atoms with Crippen LogP contribution in [0.2, 0.25) is 0 Å². The van der Waals surface area contributed by atoms with Crippen LogP contribution in [0.25, 0.3) is 0 Å². The number of rotatable bonds is 1. The smallest absolute Gasteiger partial charge is 0.252 e. The van der Waals surface area contributed by atoms with E-state index in [1.807, 2.05) is 0 Å². The van der Waals surface area contributed by atoms with E-state index >= 15 is 0 Å². The van der Waals surface area contributed by atoms with Gasteiger partial charge in [-0.3, -0.25) is 0 Å². The lowest BCUT2D eigenvalue weighted by Gasteiger charge is -2.32. The summed E-state index contributed by atoms with van der Waals surface area (Å²) in [6.07, 6.45) is -2.06.